The largest absolute Gasteiger partial charge is 0.494 e. The summed E-state index contributed by atoms with van der Waals surface area (Å²) in [5.41, 5.74) is 1.41. The Morgan fingerprint density at radius 1 is 1.35 bits per heavy atom. The second kappa shape index (κ2) is 5.54. The Hall–Kier alpha value is -2.02. The van der Waals surface area contributed by atoms with Gasteiger partial charge in [-0.1, -0.05) is 6.07 Å². The van der Waals surface area contributed by atoms with Gasteiger partial charge in [-0.05, 0) is 32.9 Å². The zero-order valence-corrected chi connectivity index (χ0v) is 12.4. The number of aromatic amines is 1. The standard InChI is InChI=1S/C13H17N3O3S/c1-4-19-12-7-5-6-11(8-12)16-20(17,18)13-9(2)14-15-10(13)3/h5-8,16H,4H2,1-3H3,(H,14,15). The van der Waals surface area contributed by atoms with Crippen molar-refractivity contribution < 1.29 is 13.2 Å². The van der Waals surface area contributed by atoms with Crippen LogP contribution in [0.5, 0.6) is 5.75 Å². The molecule has 1 aromatic carbocycles. The summed E-state index contributed by atoms with van der Waals surface area (Å²) in [5, 5.41) is 6.57. The van der Waals surface area contributed by atoms with Gasteiger partial charge < -0.3 is 4.74 Å². The number of nitrogens with zero attached hydrogens (tertiary/aromatic N) is 1. The average molecular weight is 295 g/mol. The molecule has 2 N–H and O–H groups in total. The van der Waals surface area contributed by atoms with E-state index in [2.05, 4.69) is 14.9 Å². The summed E-state index contributed by atoms with van der Waals surface area (Å²) in [7, 11) is -3.66. The molecule has 7 heteroatoms. The summed E-state index contributed by atoms with van der Waals surface area (Å²) in [6, 6.07) is 6.82. The fourth-order valence-corrected chi connectivity index (χ4v) is 3.38. The second-order valence-electron chi connectivity index (χ2n) is 4.33. The van der Waals surface area contributed by atoms with Gasteiger partial charge in [0.15, 0.2) is 0 Å². The highest BCUT2D eigenvalue weighted by Gasteiger charge is 2.22. The maximum absolute atomic E-state index is 12.4. The predicted molar refractivity (Wildman–Crippen MR) is 76.5 cm³/mol. The number of hydrogen-bond donors (Lipinski definition) is 2. The Morgan fingerprint density at radius 2 is 2.10 bits per heavy atom. The quantitative estimate of drug-likeness (QED) is 0.886. The fourth-order valence-electron chi connectivity index (χ4n) is 1.96. The molecule has 0 bridgehead atoms. The molecule has 0 unspecified atom stereocenters. The summed E-state index contributed by atoms with van der Waals surface area (Å²) in [6.45, 7) is 5.71. The van der Waals surface area contributed by atoms with Crippen LogP contribution < -0.4 is 9.46 Å². The molecule has 1 heterocycles. The first kappa shape index (κ1) is 14.4. The van der Waals surface area contributed by atoms with Crippen LogP contribution in [-0.2, 0) is 10.0 Å². The lowest BCUT2D eigenvalue weighted by Crippen LogP contribution is -2.14. The normalized spacial score (nSPS) is 11.3. The molecule has 1 aromatic heterocycles. The van der Waals surface area contributed by atoms with Gasteiger partial charge in [-0.3, -0.25) is 9.82 Å². The summed E-state index contributed by atoms with van der Waals surface area (Å²) < 4.78 is 32.6. The molecule has 0 amide bonds. The maximum Gasteiger partial charge on any atom is 0.265 e. The maximum atomic E-state index is 12.4. The summed E-state index contributed by atoms with van der Waals surface area (Å²) in [6.07, 6.45) is 0. The fraction of sp³-hybridized carbons (Fsp3) is 0.308. The monoisotopic (exact) mass is 295 g/mol. The Bertz CT molecular complexity index is 688. The number of benzene rings is 1. The van der Waals surface area contributed by atoms with Gasteiger partial charge in [-0.15, -0.1) is 0 Å². The molecule has 0 radical (unpaired) electrons. The number of ether oxygens (including phenoxy) is 1. The molecule has 0 aliphatic carbocycles. The Balaban J connectivity index is 2.31. The summed E-state index contributed by atoms with van der Waals surface area (Å²) in [5.74, 6) is 0.619. The van der Waals surface area contributed by atoms with E-state index in [9.17, 15) is 8.42 Å². The van der Waals surface area contributed by atoms with Crippen molar-refractivity contribution in [3.05, 3.63) is 35.7 Å². The average Bonchev–Trinajstić information content (AvgIpc) is 2.70. The lowest BCUT2D eigenvalue weighted by atomic mass is 10.3. The molecule has 0 saturated heterocycles. The highest BCUT2D eigenvalue weighted by atomic mass is 32.2. The summed E-state index contributed by atoms with van der Waals surface area (Å²) >= 11 is 0. The van der Waals surface area contributed by atoms with Gasteiger partial charge in [0.2, 0.25) is 0 Å². The molecule has 0 spiro atoms. The number of H-pyrrole nitrogens is 1. The molecule has 0 atom stereocenters. The molecule has 108 valence electrons. The van der Waals surface area contributed by atoms with Crippen LogP contribution in [0.25, 0.3) is 0 Å². The van der Waals surface area contributed by atoms with Crippen molar-refractivity contribution in [2.75, 3.05) is 11.3 Å². The van der Waals surface area contributed by atoms with Crippen LogP contribution in [-0.4, -0.2) is 25.2 Å². The Morgan fingerprint density at radius 3 is 2.70 bits per heavy atom. The Kier molecular flexibility index (Phi) is 3.99. The molecule has 2 aromatic rings. The number of hydrogen-bond acceptors (Lipinski definition) is 4. The minimum Gasteiger partial charge on any atom is -0.494 e. The minimum atomic E-state index is -3.66. The van der Waals surface area contributed by atoms with Crippen molar-refractivity contribution in [3.8, 4) is 5.75 Å². The molecular weight excluding hydrogens is 278 g/mol. The third kappa shape index (κ3) is 2.93. The third-order valence-corrected chi connectivity index (χ3v) is 4.37. The first-order valence-corrected chi connectivity index (χ1v) is 7.69. The highest BCUT2D eigenvalue weighted by Crippen LogP contribution is 2.23. The van der Waals surface area contributed by atoms with Crippen molar-refractivity contribution >= 4 is 15.7 Å². The van der Waals surface area contributed by atoms with Gasteiger partial charge in [0.1, 0.15) is 10.6 Å². The van der Waals surface area contributed by atoms with Crippen LogP contribution >= 0.6 is 0 Å². The molecule has 0 fully saturated rings. The van der Waals surface area contributed by atoms with E-state index in [-0.39, 0.29) is 4.90 Å². The van der Waals surface area contributed by atoms with E-state index in [4.69, 9.17) is 4.74 Å². The van der Waals surface area contributed by atoms with Crippen LogP contribution in [0.1, 0.15) is 18.3 Å². The second-order valence-corrected chi connectivity index (χ2v) is 5.95. The molecule has 20 heavy (non-hydrogen) atoms. The van der Waals surface area contributed by atoms with E-state index in [1.165, 1.54) is 0 Å². The Labute approximate surface area is 118 Å². The van der Waals surface area contributed by atoms with Gasteiger partial charge >= 0.3 is 0 Å². The summed E-state index contributed by atoms with van der Waals surface area (Å²) in [4.78, 5) is 0.180. The number of sulfonamides is 1. The van der Waals surface area contributed by atoms with Crippen molar-refractivity contribution in [1.29, 1.82) is 0 Å². The third-order valence-electron chi connectivity index (χ3n) is 2.73. The number of anilines is 1. The van der Waals surface area contributed by atoms with E-state index in [1.807, 2.05) is 6.92 Å². The van der Waals surface area contributed by atoms with Gasteiger partial charge in [0.05, 0.1) is 23.7 Å². The molecule has 0 saturated carbocycles. The van der Waals surface area contributed by atoms with Crippen LogP contribution in [0.3, 0.4) is 0 Å². The number of rotatable bonds is 5. The first-order chi connectivity index (χ1) is 9.44. The van der Waals surface area contributed by atoms with E-state index >= 15 is 0 Å². The smallest absolute Gasteiger partial charge is 0.265 e. The van der Waals surface area contributed by atoms with Gasteiger partial charge in [-0.25, -0.2) is 8.42 Å². The van der Waals surface area contributed by atoms with Crippen LogP contribution in [0.4, 0.5) is 5.69 Å². The number of aromatic nitrogens is 2. The lowest BCUT2D eigenvalue weighted by Gasteiger charge is -2.10. The SMILES string of the molecule is CCOc1cccc(NS(=O)(=O)c2c(C)n[nH]c2C)c1. The van der Waals surface area contributed by atoms with E-state index in [0.717, 1.165) is 0 Å². The molecular formula is C13H17N3O3S. The van der Waals surface area contributed by atoms with Gasteiger partial charge in [-0.2, -0.15) is 5.10 Å². The molecule has 2 rings (SSSR count). The topological polar surface area (TPSA) is 84.1 Å². The van der Waals surface area contributed by atoms with Crippen molar-refractivity contribution in [1.82, 2.24) is 10.2 Å². The van der Waals surface area contributed by atoms with Crippen LogP contribution in [0.15, 0.2) is 29.2 Å². The van der Waals surface area contributed by atoms with Crippen LogP contribution in [0, 0.1) is 13.8 Å². The predicted octanol–water partition coefficient (Wildman–Crippen LogP) is 2.23. The van der Waals surface area contributed by atoms with E-state index in [0.29, 0.717) is 29.4 Å². The van der Waals surface area contributed by atoms with E-state index in [1.54, 1.807) is 38.1 Å². The van der Waals surface area contributed by atoms with Crippen molar-refractivity contribution in [3.63, 3.8) is 0 Å². The zero-order valence-electron chi connectivity index (χ0n) is 11.6. The zero-order chi connectivity index (χ0) is 14.8. The van der Waals surface area contributed by atoms with Gasteiger partial charge in [0, 0.05) is 6.07 Å². The first-order valence-electron chi connectivity index (χ1n) is 6.21. The number of nitrogens with one attached hydrogen (secondary N) is 2. The van der Waals surface area contributed by atoms with E-state index < -0.39 is 10.0 Å². The molecule has 0 aliphatic rings. The molecule has 6 nitrogen and oxygen atoms in total. The highest BCUT2D eigenvalue weighted by molar-refractivity contribution is 7.92. The number of aryl methyl sites for hydroxylation is 2. The lowest BCUT2D eigenvalue weighted by molar-refractivity contribution is 0.340. The van der Waals surface area contributed by atoms with Gasteiger partial charge in [0.25, 0.3) is 10.0 Å². The minimum absolute atomic E-state index is 0.180. The van der Waals surface area contributed by atoms with Crippen molar-refractivity contribution in [2.45, 2.75) is 25.7 Å². The van der Waals surface area contributed by atoms with Crippen molar-refractivity contribution in [2.24, 2.45) is 0 Å². The van der Waals surface area contributed by atoms with Crippen LogP contribution in [0.2, 0.25) is 0 Å². The molecule has 0 aliphatic heterocycles.